The topological polar surface area (TPSA) is 29.9 Å². The second-order valence-corrected chi connectivity index (χ2v) is 3.38. The molecule has 2 rings (SSSR count). The molecule has 1 aromatic carbocycles. The Morgan fingerprint density at radius 1 is 1.43 bits per heavy atom. The van der Waals surface area contributed by atoms with Gasteiger partial charge in [-0.05, 0) is 31.7 Å². The molecular weight excluding hydrogens is 174 g/mol. The predicted octanol–water partition coefficient (Wildman–Crippen LogP) is 1.78. The minimum atomic E-state index is 0.910. The van der Waals surface area contributed by atoms with E-state index in [2.05, 4.69) is 35.5 Å². The van der Waals surface area contributed by atoms with Gasteiger partial charge >= 0.3 is 0 Å². The van der Waals surface area contributed by atoms with E-state index in [1.54, 1.807) is 0 Å². The SMILES string of the molecule is CCn1ncc2cc(CNC)ccc21. The quantitative estimate of drug-likeness (QED) is 0.797. The molecular formula is C11H15N3. The first-order chi connectivity index (χ1) is 6.85. The van der Waals surface area contributed by atoms with Crippen LogP contribution in [0.25, 0.3) is 10.9 Å². The zero-order chi connectivity index (χ0) is 9.97. The van der Waals surface area contributed by atoms with Crippen LogP contribution in [-0.2, 0) is 13.1 Å². The van der Waals surface area contributed by atoms with Gasteiger partial charge in [-0.3, -0.25) is 4.68 Å². The number of nitrogens with one attached hydrogen (secondary N) is 1. The highest BCUT2D eigenvalue weighted by Gasteiger charge is 2.01. The monoisotopic (exact) mass is 189 g/mol. The first-order valence-electron chi connectivity index (χ1n) is 4.94. The van der Waals surface area contributed by atoms with E-state index in [0.717, 1.165) is 13.1 Å². The van der Waals surface area contributed by atoms with Crippen LogP contribution >= 0.6 is 0 Å². The lowest BCUT2D eigenvalue weighted by molar-refractivity contribution is 0.684. The summed E-state index contributed by atoms with van der Waals surface area (Å²) in [5.41, 5.74) is 2.52. The third kappa shape index (κ3) is 1.51. The highest BCUT2D eigenvalue weighted by atomic mass is 15.3. The standard InChI is InChI=1S/C11H15N3/c1-3-14-11-5-4-9(7-12-2)6-10(11)8-13-14/h4-6,8,12H,3,7H2,1-2H3. The van der Waals surface area contributed by atoms with Crippen molar-refractivity contribution in [1.82, 2.24) is 15.1 Å². The highest BCUT2D eigenvalue weighted by molar-refractivity contribution is 5.79. The summed E-state index contributed by atoms with van der Waals surface area (Å²) in [7, 11) is 1.96. The van der Waals surface area contributed by atoms with Gasteiger partial charge in [0.05, 0.1) is 11.7 Å². The Bertz CT molecular complexity index is 431. The maximum absolute atomic E-state index is 4.31. The van der Waals surface area contributed by atoms with Crippen LogP contribution in [0.3, 0.4) is 0 Å². The smallest absolute Gasteiger partial charge is 0.0682 e. The van der Waals surface area contributed by atoms with Crippen LogP contribution in [-0.4, -0.2) is 16.8 Å². The molecule has 2 aromatic rings. The maximum Gasteiger partial charge on any atom is 0.0682 e. The van der Waals surface area contributed by atoms with Gasteiger partial charge in [-0.1, -0.05) is 6.07 Å². The minimum Gasteiger partial charge on any atom is -0.316 e. The van der Waals surface area contributed by atoms with Crippen molar-refractivity contribution in [1.29, 1.82) is 0 Å². The van der Waals surface area contributed by atoms with Crippen molar-refractivity contribution in [3.63, 3.8) is 0 Å². The lowest BCUT2D eigenvalue weighted by atomic mass is 10.1. The number of rotatable bonds is 3. The summed E-state index contributed by atoms with van der Waals surface area (Å²) < 4.78 is 2.01. The first kappa shape index (κ1) is 9.21. The van der Waals surface area contributed by atoms with Crippen molar-refractivity contribution in [2.75, 3.05) is 7.05 Å². The number of benzene rings is 1. The van der Waals surface area contributed by atoms with E-state index in [1.807, 2.05) is 17.9 Å². The Kier molecular flexibility index (Phi) is 2.50. The number of aryl methyl sites for hydroxylation is 1. The van der Waals surface area contributed by atoms with Gasteiger partial charge in [0.25, 0.3) is 0 Å². The van der Waals surface area contributed by atoms with Crippen LogP contribution in [0.1, 0.15) is 12.5 Å². The molecule has 0 saturated carbocycles. The second-order valence-electron chi connectivity index (χ2n) is 3.38. The summed E-state index contributed by atoms with van der Waals surface area (Å²) in [6.45, 7) is 3.94. The molecule has 3 heteroatoms. The molecule has 1 aromatic heterocycles. The van der Waals surface area contributed by atoms with Crippen LogP contribution in [0, 0.1) is 0 Å². The molecule has 1 heterocycles. The van der Waals surface area contributed by atoms with Crippen LogP contribution < -0.4 is 5.32 Å². The van der Waals surface area contributed by atoms with Crippen molar-refractivity contribution in [2.24, 2.45) is 0 Å². The zero-order valence-electron chi connectivity index (χ0n) is 8.62. The molecule has 0 saturated heterocycles. The molecule has 0 amide bonds. The molecule has 0 aliphatic heterocycles. The van der Waals surface area contributed by atoms with Crippen molar-refractivity contribution in [3.05, 3.63) is 30.0 Å². The molecule has 0 fully saturated rings. The Labute approximate surface area is 83.7 Å². The maximum atomic E-state index is 4.31. The molecule has 0 unspecified atom stereocenters. The zero-order valence-corrected chi connectivity index (χ0v) is 8.62. The van der Waals surface area contributed by atoms with Gasteiger partial charge in [0, 0.05) is 18.5 Å². The number of hydrogen-bond donors (Lipinski definition) is 1. The second kappa shape index (κ2) is 3.80. The van der Waals surface area contributed by atoms with E-state index in [4.69, 9.17) is 0 Å². The van der Waals surface area contributed by atoms with Gasteiger partial charge in [-0.25, -0.2) is 0 Å². The third-order valence-corrected chi connectivity index (χ3v) is 2.39. The van der Waals surface area contributed by atoms with Gasteiger partial charge in [-0.2, -0.15) is 5.10 Å². The predicted molar refractivity (Wildman–Crippen MR) is 58.2 cm³/mol. The summed E-state index contributed by atoms with van der Waals surface area (Å²) in [5, 5.41) is 8.68. The fraction of sp³-hybridized carbons (Fsp3) is 0.364. The van der Waals surface area contributed by atoms with E-state index in [9.17, 15) is 0 Å². The Morgan fingerprint density at radius 3 is 3.00 bits per heavy atom. The number of aromatic nitrogens is 2. The van der Waals surface area contributed by atoms with Crippen LogP contribution in [0.5, 0.6) is 0 Å². The van der Waals surface area contributed by atoms with E-state index in [-0.39, 0.29) is 0 Å². The highest BCUT2D eigenvalue weighted by Crippen LogP contribution is 2.15. The number of hydrogen-bond acceptors (Lipinski definition) is 2. The average molecular weight is 189 g/mol. The lowest BCUT2D eigenvalue weighted by Gasteiger charge is -2.01. The Morgan fingerprint density at radius 2 is 2.29 bits per heavy atom. The van der Waals surface area contributed by atoms with E-state index < -0.39 is 0 Å². The van der Waals surface area contributed by atoms with E-state index in [1.165, 1.54) is 16.5 Å². The average Bonchev–Trinajstić information content (AvgIpc) is 2.60. The van der Waals surface area contributed by atoms with E-state index >= 15 is 0 Å². The van der Waals surface area contributed by atoms with Crippen molar-refractivity contribution in [3.8, 4) is 0 Å². The molecule has 3 nitrogen and oxygen atoms in total. The van der Waals surface area contributed by atoms with Crippen molar-refractivity contribution >= 4 is 10.9 Å². The fourth-order valence-corrected chi connectivity index (χ4v) is 1.70. The van der Waals surface area contributed by atoms with Crippen LogP contribution in [0.15, 0.2) is 24.4 Å². The molecule has 0 spiro atoms. The number of fused-ring (bicyclic) bond motifs is 1. The summed E-state index contributed by atoms with van der Waals surface area (Å²) in [5.74, 6) is 0. The van der Waals surface area contributed by atoms with Gasteiger partial charge in [0.1, 0.15) is 0 Å². The summed E-state index contributed by atoms with van der Waals surface area (Å²) in [6, 6.07) is 6.47. The summed E-state index contributed by atoms with van der Waals surface area (Å²) in [6.07, 6.45) is 1.93. The van der Waals surface area contributed by atoms with Gasteiger partial charge in [0.2, 0.25) is 0 Å². The molecule has 0 aliphatic carbocycles. The molecule has 14 heavy (non-hydrogen) atoms. The molecule has 0 atom stereocenters. The largest absolute Gasteiger partial charge is 0.316 e. The lowest BCUT2D eigenvalue weighted by Crippen LogP contribution is -2.04. The molecule has 0 radical (unpaired) electrons. The van der Waals surface area contributed by atoms with Crippen LogP contribution in [0.2, 0.25) is 0 Å². The molecule has 1 N–H and O–H groups in total. The first-order valence-corrected chi connectivity index (χ1v) is 4.94. The van der Waals surface area contributed by atoms with Crippen molar-refractivity contribution < 1.29 is 0 Å². The summed E-state index contributed by atoms with van der Waals surface area (Å²) >= 11 is 0. The van der Waals surface area contributed by atoms with Gasteiger partial charge in [0.15, 0.2) is 0 Å². The normalized spacial score (nSPS) is 11.0. The Hall–Kier alpha value is -1.35. The Balaban J connectivity index is 2.46. The third-order valence-electron chi connectivity index (χ3n) is 2.39. The van der Waals surface area contributed by atoms with Gasteiger partial charge in [-0.15, -0.1) is 0 Å². The fourth-order valence-electron chi connectivity index (χ4n) is 1.70. The number of nitrogens with zero attached hydrogens (tertiary/aromatic N) is 2. The summed E-state index contributed by atoms with van der Waals surface area (Å²) in [4.78, 5) is 0. The minimum absolute atomic E-state index is 0.910. The van der Waals surface area contributed by atoms with Gasteiger partial charge < -0.3 is 5.32 Å². The van der Waals surface area contributed by atoms with Crippen molar-refractivity contribution in [2.45, 2.75) is 20.0 Å². The molecule has 74 valence electrons. The van der Waals surface area contributed by atoms with Crippen LogP contribution in [0.4, 0.5) is 0 Å². The molecule has 0 aliphatic rings. The van der Waals surface area contributed by atoms with E-state index in [0.29, 0.717) is 0 Å². The molecule has 0 bridgehead atoms.